The third-order valence-corrected chi connectivity index (χ3v) is 10.0. The van der Waals surface area contributed by atoms with Crippen LogP contribution in [0, 0.1) is 11.6 Å². The first kappa shape index (κ1) is 40.0. The normalized spacial score (nSPS) is 16.6. The molecule has 4 aromatic carbocycles. The molecule has 302 valence electrons. The quantitative estimate of drug-likeness (QED) is 0.0538. The van der Waals surface area contributed by atoms with Crippen molar-refractivity contribution in [1.29, 1.82) is 0 Å². The number of aromatic nitrogens is 2. The maximum absolute atomic E-state index is 13.8. The fourth-order valence-electron chi connectivity index (χ4n) is 7.00. The zero-order valence-electron chi connectivity index (χ0n) is 30.9. The first-order chi connectivity index (χ1) is 27.7. The Bertz CT molecular complexity index is 2320. The molecule has 2 fully saturated rings. The fraction of sp³-hybridized carbons (Fsp3) is 0.293. The molecule has 7 rings (SSSR count). The van der Waals surface area contributed by atoms with Crippen molar-refractivity contribution in [3.8, 4) is 5.75 Å². The Balaban J connectivity index is 0.958. The Morgan fingerprint density at radius 1 is 0.828 bits per heavy atom. The molecule has 0 bridgehead atoms. The standard InChI is InChI=1S/C41H38F5N7O5/c42-28-18-27(19-29(43)22-28)17-26-4-8-33-32(20-26)37(51-50-33)49-38(55)31-7-3-24(21-35(31)58-40(57)41(44,45)46)11-12-52-13-15-53(16-14-52)23-25-1-5-30(6-2-25)47-34-9-10-36(54)48-39(34)56/h1-8,18-22,34,47H,9-17,23H2,(H,48,54,56)(H2,49,50,51,55). The van der Waals surface area contributed by atoms with Crippen molar-refractivity contribution in [2.45, 2.75) is 44.4 Å². The highest BCUT2D eigenvalue weighted by atomic mass is 19.4. The zero-order chi connectivity index (χ0) is 41.0. The van der Waals surface area contributed by atoms with Crippen LogP contribution >= 0.6 is 0 Å². The number of carbonyl (C=O) groups is 4. The number of carbonyl (C=O) groups excluding carboxylic acids is 4. The fourth-order valence-corrected chi connectivity index (χ4v) is 7.00. The predicted octanol–water partition coefficient (Wildman–Crippen LogP) is 5.73. The summed E-state index contributed by atoms with van der Waals surface area (Å²) in [5, 5.41) is 15.4. The van der Waals surface area contributed by atoms with Crippen molar-refractivity contribution in [3.63, 3.8) is 0 Å². The molecule has 0 radical (unpaired) electrons. The second-order valence-electron chi connectivity index (χ2n) is 14.3. The van der Waals surface area contributed by atoms with Gasteiger partial charge >= 0.3 is 12.1 Å². The molecule has 0 aliphatic carbocycles. The molecule has 5 aromatic rings. The number of amides is 3. The monoisotopic (exact) mass is 803 g/mol. The number of aromatic amines is 1. The van der Waals surface area contributed by atoms with Crippen LogP contribution in [0.5, 0.6) is 5.75 Å². The molecule has 12 nitrogen and oxygen atoms in total. The van der Waals surface area contributed by atoms with E-state index in [-0.39, 0.29) is 29.6 Å². The van der Waals surface area contributed by atoms with Gasteiger partial charge in [0.05, 0.1) is 11.1 Å². The molecule has 2 aliphatic rings. The number of alkyl halides is 3. The zero-order valence-corrected chi connectivity index (χ0v) is 30.9. The van der Waals surface area contributed by atoms with E-state index in [2.05, 4.69) is 35.9 Å². The predicted molar refractivity (Wildman–Crippen MR) is 203 cm³/mol. The summed E-state index contributed by atoms with van der Waals surface area (Å²) in [6.45, 7) is 4.31. The van der Waals surface area contributed by atoms with Crippen molar-refractivity contribution in [2.75, 3.05) is 43.4 Å². The molecule has 0 spiro atoms. The number of anilines is 2. The second kappa shape index (κ2) is 17.1. The molecule has 1 atom stereocenters. The van der Waals surface area contributed by atoms with Gasteiger partial charge in [0.1, 0.15) is 23.4 Å². The van der Waals surface area contributed by atoms with E-state index in [4.69, 9.17) is 4.74 Å². The van der Waals surface area contributed by atoms with Crippen LogP contribution in [0.15, 0.2) is 78.9 Å². The Morgan fingerprint density at radius 3 is 2.22 bits per heavy atom. The van der Waals surface area contributed by atoms with E-state index in [0.717, 1.165) is 50.0 Å². The number of imide groups is 1. The Kier molecular flexibility index (Phi) is 11.8. The molecular weight excluding hydrogens is 765 g/mol. The van der Waals surface area contributed by atoms with E-state index in [1.165, 1.54) is 24.3 Å². The van der Waals surface area contributed by atoms with Crippen molar-refractivity contribution in [1.82, 2.24) is 25.3 Å². The number of fused-ring (bicyclic) bond motifs is 1. The van der Waals surface area contributed by atoms with Crippen LogP contribution in [0.2, 0.25) is 0 Å². The lowest BCUT2D eigenvalue weighted by Crippen LogP contribution is -2.47. The molecule has 4 N–H and O–H groups in total. The minimum absolute atomic E-state index is 0.0439. The summed E-state index contributed by atoms with van der Waals surface area (Å²) >= 11 is 0. The van der Waals surface area contributed by atoms with Crippen LogP contribution in [0.4, 0.5) is 33.5 Å². The topological polar surface area (TPSA) is 149 Å². The van der Waals surface area contributed by atoms with Gasteiger partial charge in [-0.15, -0.1) is 0 Å². The number of esters is 1. The Hall–Kier alpha value is -6.20. The molecule has 2 saturated heterocycles. The maximum atomic E-state index is 13.8. The number of hydrogen-bond acceptors (Lipinski definition) is 9. The minimum Gasteiger partial charge on any atom is -0.419 e. The van der Waals surface area contributed by atoms with Crippen molar-refractivity contribution < 1.29 is 45.9 Å². The number of nitrogens with one attached hydrogen (secondary N) is 4. The average molecular weight is 804 g/mol. The summed E-state index contributed by atoms with van der Waals surface area (Å²) in [6, 6.07) is 19.7. The van der Waals surface area contributed by atoms with Gasteiger partial charge in [0.15, 0.2) is 5.82 Å². The van der Waals surface area contributed by atoms with Gasteiger partial charge in [-0.2, -0.15) is 18.3 Å². The molecule has 1 aromatic heterocycles. The number of benzene rings is 4. The molecule has 3 heterocycles. The van der Waals surface area contributed by atoms with Crippen LogP contribution in [-0.4, -0.2) is 88.6 Å². The third kappa shape index (κ3) is 10.0. The van der Waals surface area contributed by atoms with E-state index in [1.54, 1.807) is 24.3 Å². The highest BCUT2D eigenvalue weighted by Crippen LogP contribution is 2.29. The van der Waals surface area contributed by atoms with Crippen molar-refractivity contribution in [3.05, 3.63) is 118 Å². The summed E-state index contributed by atoms with van der Waals surface area (Å²) in [5.74, 6) is -5.91. The number of nitrogens with zero attached hydrogens (tertiary/aromatic N) is 3. The highest BCUT2D eigenvalue weighted by Gasteiger charge is 2.42. The van der Waals surface area contributed by atoms with Gasteiger partial charge in [-0.25, -0.2) is 13.6 Å². The Labute approximate surface area is 328 Å². The summed E-state index contributed by atoms with van der Waals surface area (Å²) in [7, 11) is 0. The number of hydrogen-bond donors (Lipinski definition) is 4. The number of halogens is 5. The van der Waals surface area contributed by atoms with Crippen LogP contribution in [-0.2, 0) is 33.8 Å². The minimum atomic E-state index is -5.31. The van der Waals surface area contributed by atoms with Crippen LogP contribution in [0.25, 0.3) is 10.9 Å². The van der Waals surface area contributed by atoms with Crippen molar-refractivity contribution in [2.24, 2.45) is 0 Å². The van der Waals surface area contributed by atoms with E-state index in [0.29, 0.717) is 53.4 Å². The van der Waals surface area contributed by atoms with E-state index >= 15 is 0 Å². The van der Waals surface area contributed by atoms with Crippen LogP contribution in [0.1, 0.15) is 45.5 Å². The SMILES string of the molecule is O=C1CCC(Nc2ccc(CN3CCN(CCc4ccc(C(=O)Nc5n[nH]c6ccc(Cc7cc(F)cc(F)c7)cc56)c(OC(=O)C(F)(F)F)c4)CC3)cc2)C(=O)N1. The van der Waals surface area contributed by atoms with Gasteiger partial charge in [-0.1, -0.05) is 24.3 Å². The van der Waals surface area contributed by atoms with Crippen molar-refractivity contribution >= 4 is 46.1 Å². The number of ether oxygens (including phenoxy) is 1. The van der Waals surface area contributed by atoms with E-state index in [9.17, 15) is 41.1 Å². The van der Waals surface area contributed by atoms with E-state index in [1.807, 2.05) is 24.3 Å². The van der Waals surface area contributed by atoms with Gasteiger partial charge in [0.25, 0.3) is 5.91 Å². The lowest BCUT2D eigenvalue weighted by atomic mass is 10.0. The number of piperazine rings is 1. The molecule has 17 heteroatoms. The first-order valence-corrected chi connectivity index (χ1v) is 18.5. The first-order valence-electron chi connectivity index (χ1n) is 18.5. The van der Waals surface area contributed by atoms with Gasteiger partial charge in [0.2, 0.25) is 11.8 Å². The maximum Gasteiger partial charge on any atom is 0.491 e. The summed E-state index contributed by atoms with van der Waals surface area (Å²) in [5.41, 5.74) is 3.65. The molecule has 0 saturated carbocycles. The summed E-state index contributed by atoms with van der Waals surface area (Å²) < 4.78 is 72.2. The largest absolute Gasteiger partial charge is 0.491 e. The smallest absolute Gasteiger partial charge is 0.419 e. The second-order valence-corrected chi connectivity index (χ2v) is 14.3. The summed E-state index contributed by atoms with van der Waals surface area (Å²) in [4.78, 5) is 53.4. The molecule has 1 unspecified atom stereocenters. The van der Waals surface area contributed by atoms with Gasteiger partial charge in [0, 0.05) is 62.8 Å². The van der Waals surface area contributed by atoms with Gasteiger partial charge < -0.3 is 20.3 Å². The molecule has 58 heavy (non-hydrogen) atoms. The number of piperidine rings is 1. The van der Waals surface area contributed by atoms with Gasteiger partial charge in [-0.3, -0.25) is 29.7 Å². The molecular formula is C41H38F5N7O5. The summed E-state index contributed by atoms with van der Waals surface area (Å²) in [6.07, 6.45) is -4.01. The van der Waals surface area contributed by atoms with Crippen LogP contribution in [0.3, 0.4) is 0 Å². The third-order valence-electron chi connectivity index (χ3n) is 10.0. The average Bonchev–Trinajstić information content (AvgIpc) is 3.57. The highest BCUT2D eigenvalue weighted by molar-refractivity contribution is 6.09. The van der Waals surface area contributed by atoms with Gasteiger partial charge in [-0.05, 0) is 90.0 Å². The van der Waals surface area contributed by atoms with E-state index < -0.39 is 41.5 Å². The molecule has 2 aliphatic heterocycles. The lowest BCUT2D eigenvalue weighted by molar-refractivity contribution is -0.189. The number of rotatable bonds is 12. The number of H-pyrrole nitrogens is 1. The Morgan fingerprint density at radius 2 is 1.52 bits per heavy atom. The lowest BCUT2D eigenvalue weighted by Gasteiger charge is -2.34. The van der Waals surface area contributed by atoms with Crippen LogP contribution < -0.4 is 20.7 Å². The molecule has 3 amide bonds.